The minimum atomic E-state index is -4.44. The van der Waals surface area contributed by atoms with Crippen molar-refractivity contribution >= 4 is 11.3 Å². The number of alkyl halides is 3. The third-order valence-corrected chi connectivity index (χ3v) is 2.98. The van der Waals surface area contributed by atoms with Gasteiger partial charge in [0.1, 0.15) is 0 Å². The van der Waals surface area contributed by atoms with E-state index in [0.717, 1.165) is 6.20 Å². The number of aliphatic hydroxyl groups excluding tert-OH is 1. The first kappa shape index (κ1) is 13.4. The van der Waals surface area contributed by atoms with Gasteiger partial charge in [-0.25, -0.2) is 4.98 Å². The van der Waals surface area contributed by atoms with Gasteiger partial charge in [0.2, 0.25) is 0 Å². The lowest BCUT2D eigenvalue weighted by molar-refractivity contribution is -0.137. The van der Waals surface area contributed by atoms with E-state index in [4.69, 9.17) is 4.74 Å². The largest absolute Gasteiger partial charge is 0.443 e. The van der Waals surface area contributed by atoms with E-state index >= 15 is 0 Å². The molecule has 0 saturated carbocycles. The van der Waals surface area contributed by atoms with E-state index in [-0.39, 0.29) is 11.3 Å². The summed E-state index contributed by atoms with van der Waals surface area (Å²) >= 11 is 0.464. The number of aliphatic hydroxyl groups is 1. The highest BCUT2D eigenvalue weighted by Crippen LogP contribution is 2.34. The fraction of sp³-hybridized carbons (Fsp3) is 0.667. The maximum absolute atomic E-state index is 12.2. The molecule has 1 N–H and O–H groups in total. The Morgan fingerprint density at radius 3 is 2.75 bits per heavy atom. The summed E-state index contributed by atoms with van der Waals surface area (Å²) in [6.45, 7) is 2.64. The summed E-state index contributed by atoms with van der Waals surface area (Å²) in [6, 6.07) is 0. The van der Waals surface area contributed by atoms with Gasteiger partial charge in [0.15, 0.2) is 5.01 Å². The number of hydrogen-bond donors (Lipinski definition) is 1. The molecule has 0 aliphatic rings. The fourth-order valence-electron chi connectivity index (χ4n) is 1.05. The summed E-state index contributed by atoms with van der Waals surface area (Å²) in [5.41, 5.74) is 0. The molecule has 0 aliphatic heterocycles. The second kappa shape index (κ2) is 5.60. The molecule has 1 atom stereocenters. The van der Waals surface area contributed by atoms with Gasteiger partial charge >= 0.3 is 6.18 Å². The van der Waals surface area contributed by atoms with Crippen LogP contribution in [0.1, 0.15) is 29.3 Å². The summed E-state index contributed by atoms with van der Waals surface area (Å²) in [5.74, 6) is 0. The highest BCUT2D eigenvalue weighted by molar-refractivity contribution is 7.11. The Kier molecular flexibility index (Phi) is 4.69. The van der Waals surface area contributed by atoms with E-state index in [2.05, 4.69) is 4.98 Å². The third kappa shape index (κ3) is 3.73. The van der Waals surface area contributed by atoms with Gasteiger partial charge in [0.25, 0.3) is 0 Å². The lowest BCUT2D eigenvalue weighted by Crippen LogP contribution is -2.03. The maximum atomic E-state index is 12.2. The molecule has 1 unspecified atom stereocenters. The fourth-order valence-corrected chi connectivity index (χ4v) is 1.86. The van der Waals surface area contributed by atoms with Crippen molar-refractivity contribution in [1.82, 2.24) is 4.98 Å². The number of thiazole rings is 1. The van der Waals surface area contributed by atoms with Crippen molar-refractivity contribution in [3.05, 3.63) is 16.1 Å². The molecule has 0 amide bonds. The van der Waals surface area contributed by atoms with Crippen molar-refractivity contribution in [3.63, 3.8) is 0 Å². The van der Waals surface area contributed by atoms with E-state index in [9.17, 15) is 18.3 Å². The van der Waals surface area contributed by atoms with Gasteiger partial charge in [-0.3, -0.25) is 0 Å². The standard InChI is InChI=1S/C9H12F3NO2S/c1-2-15-4-3-6(14)7-5-13-8(16-7)9(10,11)12/h5-6,14H,2-4H2,1H3. The summed E-state index contributed by atoms with van der Waals surface area (Å²) in [5, 5.41) is 8.62. The van der Waals surface area contributed by atoms with Crippen molar-refractivity contribution < 1.29 is 23.0 Å². The molecular weight excluding hydrogens is 243 g/mol. The summed E-state index contributed by atoms with van der Waals surface area (Å²) in [7, 11) is 0. The van der Waals surface area contributed by atoms with Crippen molar-refractivity contribution in [2.75, 3.05) is 13.2 Å². The number of rotatable bonds is 5. The molecule has 0 fully saturated rings. The predicted molar refractivity (Wildman–Crippen MR) is 53.2 cm³/mol. The first-order chi connectivity index (χ1) is 7.45. The number of ether oxygens (including phenoxy) is 1. The maximum Gasteiger partial charge on any atom is 0.443 e. The lowest BCUT2D eigenvalue weighted by atomic mass is 10.2. The Labute approximate surface area is 94.9 Å². The van der Waals surface area contributed by atoms with E-state index in [1.807, 2.05) is 0 Å². The average Bonchev–Trinajstić information content (AvgIpc) is 2.66. The monoisotopic (exact) mass is 255 g/mol. The number of nitrogens with zero attached hydrogens (tertiary/aromatic N) is 1. The highest BCUT2D eigenvalue weighted by Gasteiger charge is 2.35. The Balaban J connectivity index is 2.56. The molecule has 1 aromatic rings. The zero-order chi connectivity index (χ0) is 12.2. The zero-order valence-electron chi connectivity index (χ0n) is 8.62. The van der Waals surface area contributed by atoms with Crippen LogP contribution in [0.2, 0.25) is 0 Å². The molecule has 3 nitrogen and oxygen atoms in total. The molecule has 1 aromatic heterocycles. The van der Waals surface area contributed by atoms with Crippen LogP contribution in [-0.4, -0.2) is 23.3 Å². The van der Waals surface area contributed by atoms with Gasteiger partial charge in [-0.1, -0.05) is 0 Å². The summed E-state index contributed by atoms with van der Waals surface area (Å²) in [6.07, 6.45) is -4.06. The van der Waals surface area contributed by atoms with Crippen molar-refractivity contribution in [3.8, 4) is 0 Å². The third-order valence-electron chi connectivity index (χ3n) is 1.83. The molecule has 0 spiro atoms. The van der Waals surface area contributed by atoms with Crippen LogP contribution < -0.4 is 0 Å². The Hall–Kier alpha value is -0.660. The first-order valence-corrected chi connectivity index (χ1v) is 5.55. The minimum absolute atomic E-state index is 0.215. The van der Waals surface area contributed by atoms with E-state index < -0.39 is 17.3 Å². The molecule has 7 heteroatoms. The topological polar surface area (TPSA) is 42.4 Å². The molecule has 0 bridgehead atoms. The molecule has 16 heavy (non-hydrogen) atoms. The smallest absolute Gasteiger partial charge is 0.387 e. The molecule has 0 saturated heterocycles. The summed E-state index contributed by atoms with van der Waals surface area (Å²) in [4.78, 5) is 3.44. The number of halogens is 3. The molecule has 0 aliphatic carbocycles. The molecule has 1 heterocycles. The van der Waals surface area contributed by atoms with Crippen LogP contribution in [0.15, 0.2) is 6.20 Å². The van der Waals surface area contributed by atoms with Crippen LogP contribution in [0.25, 0.3) is 0 Å². The number of aromatic nitrogens is 1. The second-order valence-corrected chi connectivity index (χ2v) is 4.13. The quantitative estimate of drug-likeness (QED) is 0.822. The van der Waals surface area contributed by atoms with E-state index in [1.165, 1.54) is 0 Å². The zero-order valence-corrected chi connectivity index (χ0v) is 9.44. The second-order valence-electron chi connectivity index (χ2n) is 3.07. The minimum Gasteiger partial charge on any atom is -0.387 e. The van der Waals surface area contributed by atoms with Crippen molar-refractivity contribution in [2.24, 2.45) is 0 Å². The Morgan fingerprint density at radius 1 is 1.56 bits per heavy atom. The normalized spacial score (nSPS) is 14.1. The van der Waals surface area contributed by atoms with E-state index in [0.29, 0.717) is 24.6 Å². The van der Waals surface area contributed by atoms with Crippen LogP contribution in [-0.2, 0) is 10.9 Å². The molecule has 1 rings (SSSR count). The average molecular weight is 255 g/mol. The van der Waals surface area contributed by atoms with Crippen molar-refractivity contribution in [2.45, 2.75) is 25.6 Å². The lowest BCUT2D eigenvalue weighted by Gasteiger charge is -2.07. The van der Waals surface area contributed by atoms with Crippen LogP contribution in [0.3, 0.4) is 0 Å². The molecule has 0 aromatic carbocycles. The van der Waals surface area contributed by atoms with Crippen molar-refractivity contribution in [1.29, 1.82) is 0 Å². The Morgan fingerprint density at radius 2 is 2.25 bits per heavy atom. The first-order valence-electron chi connectivity index (χ1n) is 4.74. The van der Waals surface area contributed by atoms with Crippen LogP contribution >= 0.6 is 11.3 Å². The SMILES string of the molecule is CCOCCC(O)c1cnc(C(F)(F)F)s1. The Bertz CT molecular complexity index is 327. The van der Waals surface area contributed by atoms with Gasteiger partial charge in [0, 0.05) is 25.8 Å². The molecular formula is C9H12F3NO2S. The molecule has 92 valence electrons. The van der Waals surface area contributed by atoms with Gasteiger partial charge in [-0.2, -0.15) is 13.2 Å². The van der Waals surface area contributed by atoms with Gasteiger partial charge in [-0.15, -0.1) is 11.3 Å². The van der Waals surface area contributed by atoms with Crippen LogP contribution in [0.5, 0.6) is 0 Å². The van der Waals surface area contributed by atoms with Gasteiger partial charge in [-0.05, 0) is 6.92 Å². The van der Waals surface area contributed by atoms with Crippen LogP contribution in [0.4, 0.5) is 13.2 Å². The van der Waals surface area contributed by atoms with Gasteiger partial charge < -0.3 is 9.84 Å². The molecule has 0 radical (unpaired) electrons. The van der Waals surface area contributed by atoms with Gasteiger partial charge in [0.05, 0.1) is 11.0 Å². The number of hydrogen-bond acceptors (Lipinski definition) is 4. The highest BCUT2D eigenvalue weighted by atomic mass is 32.1. The van der Waals surface area contributed by atoms with E-state index in [1.54, 1.807) is 6.92 Å². The van der Waals surface area contributed by atoms with Crippen LogP contribution in [0, 0.1) is 0 Å². The predicted octanol–water partition coefficient (Wildman–Crippen LogP) is 2.62. The summed E-state index contributed by atoms with van der Waals surface area (Å²) < 4.78 is 41.6.